The highest BCUT2D eigenvalue weighted by Crippen LogP contribution is 2.22. The molecule has 1 fully saturated rings. The summed E-state index contributed by atoms with van der Waals surface area (Å²) >= 11 is 0. The second kappa shape index (κ2) is 6.94. The number of ether oxygens (including phenoxy) is 1. The number of primary amides is 1. The van der Waals surface area contributed by atoms with Gasteiger partial charge in [0.1, 0.15) is 0 Å². The van der Waals surface area contributed by atoms with Crippen molar-refractivity contribution >= 4 is 17.6 Å². The Hall–Kier alpha value is -2.87. The van der Waals surface area contributed by atoms with Crippen LogP contribution in [0.2, 0.25) is 0 Å². The number of nitrogens with one attached hydrogen (secondary N) is 1. The number of hydrogen-bond acceptors (Lipinski definition) is 4. The lowest BCUT2D eigenvalue weighted by molar-refractivity contribution is -0.133. The molecular formula is C17H21N5O3. The van der Waals surface area contributed by atoms with Crippen molar-refractivity contribution in [2.45, 2.75) is 20.0 Å². The van der Waals surface area contributed by atoms with Gasteiger partial charge in [-0.1, -0.05) is 12.1 Å². The third-order valence-corrected chi connectivity index (χ3v) is 4.05. The SMILES string of the molecule is Cc1cc(C)n(-c2ccccc2NC(=O)N2CCO[C@@H](C(N)=O)C2)n1. The molecule has 0 aliphatic carbocycles. The highest BCUT2D eigenvalue weighted by molar-refractivity contribution is 5.92. The Morgan fingerprint density at radius 3 is 2.76 bits per heavy atom. The van der Waals surface area contributed by atoms with E-state index >= 15 is 0 Å². The third-order valence-electron chi connectivity index (χ3n) is 4.05. The van der Waals surface area contributed by atoms with Crippen LogP contribution in [0.1, 0.15) is 11.4 Å². The molecule has 0 radical (unpaired) electrons. The molecule has 1 aliphatic rings. The lowest BCUT2D eigenvalue weighted by Gasteiger charge is -2.31. The predicted octanol–water partition coefficient (Wildman–Crippen LogP) is 1.21. The molecular weight excluding hydrogens is 322 g/mol. The number of urea groups is 1. The van der Waals surface area contributed by atoms with Gasteiger partial charge in [-0.25, -0.2) is 9.48 Å². The number of amides is 3. The summed E-state index contributed by atoms with van der Waals surface area (Å²) in [6.45, 7) is 4.70. The number of benzene rings is 1. The molecule has 0 bridgehead atoms. The topological polar surface area (TPSA) is 102 Å². The largest absolute Gasteiger partial charge is 0.367 e. The molecule has 2 heterocycles. The van der Waals surface area contributed by atoms with Crippen molar-refractivity contribution in [3.8, 4) is 5.69 Å². The van der Waals surface area contributed by atoms with Crippen molar-refractivity contribution in [1.29, 1.82) is 0 Å². The Morgan fingerprint density at radius 2 is 2.08 bits per heavy atom. The van der Waals surface area contributed by atoms with Crippen LogP contribution in [0, 0.1) is 13.8 Å². The van der Waals surface area contributed by atoms with E-state index in [1.54, 1.807) is 4.68 Å². The van der Waals surface area contributed by atoms with E-state index in [-0.39, 0.29) is 19.2 Å². The van der Waals surface area contributed by atoms with Crippen LogP contribution >= 0.6 is 0 Å². The molecule has 1 saturated heterocycles. The van der Waals surface area contributed by atoms with Gasteiger partial charge in [0, 0.05) is 12.2 Å². The molecule has 8 heteroatoms. The maximum atomic E-state index is 12.6. The van der Waals surface area contributed by atoms with Gasteiger partial charge in [-0.3, -0.25) is 4.79 Å². The average Bonchev–Trinajstić information content (AvgIpc) is 2.93. The summed E-state index contributed by atoms with van der Waals surface area (Å²) in [6, 6.07) is 9.10. The number of nitrogens with zero attached hydrogens (tertiary/aromatic N) is 3. The van der Waals surface area contributed by atoms with E-state index in [1.807, 2.05) is 44.2 Å². The molecule has 0 saturated carbocycles. The molecule has 132 valence electrons. The van der Waals surface area contributed by atoms with E-state index in [0.717, 1.165) is 17.1 Å². The number of carbonyl (C=O) groups excluding carboxylic acids is 2. The van der Waals surface area contributed by atoms with Gasteiger partial charge in [-0.2, -0.15) is 5.10 Å². The van der Waals surface area contributed by atoms with Crippen molar-refractivity contribution in [2.75, 3.05) is 25.0 Å². The molecule has 0 spiro atoms. The summed E-state index contributed by atoms with van der Waals surface area (Å²) in [5.41, 5.74) is 8.56. The summed E-state index contributed by atoms with van der Waals surface area (Å²) in [5.74, 6) is -0.569. The molecule has 3 amide bonds. The van der Waals surface area contributed by atoms with Crippen LogP contribution in [0.4, 0.5) is 10.5 Å². The third kappa shape index (κ3) is 3.63. The molecule has 1 atom stereocenters. The summed E-state index contributed by atoms with van der Waals surface area (Å²) in [7, 11) is 0. The highest BCUT2D eigenvalue weighted by atomic mass is 16.5. The normalized spacial score (nSPS) is 17.4. The van der Waals surface area contributed by atoms with Gasteiger partial charge in [0.25, 0.3) is 0 Å². The fourth-order valence-electron chi connectivity index (χ4n) is 2.84. The smallest absolute Gasteiger partial charge is 0.322 e. The fourth-order valence-corrected chi connectivity index (χ4v) is 2.84. The first-order valence-electron chi connectivity index (χ1n) is 8.05. The van der Waals surface area contributed by atoms with Crippen molar-refractivity contribution in [1.82, 2.24) is 14.7 Å². The van der Waals surface area contributed by atoms with Crippen LogP contribution in [0.5, 0.6) is 0 Å². The second-order valence-corrected chi connectivity index (χ2v) is 5.99. The molecule has 1 aliphatic heterocycles. The fraction of sp³-hybridized carbons (Fsp3) is 0.353. The number of hydrogen-bond donors (Lipinski definition) is 2. The number of carbonyl (C=O) groups is 2. The molecule has 8 nitrogen and oxygen atoms in total. The van der Waals surface area contributed by atoms with Crippen LogP contribution in [-0.2, 0) is 9.53 Å². The van der Waals surface area contributed by atoms with Crippen molar-refractivity contribution < 1.29 is 14.3 Å². The lowest BCUT2D eigenvalue weighted by Crippen LogP contribution is -2.51. The minimum absolute atomic E-state index is 0.142. The molecule has 3 N–H and O–H groups in total. The van der Waals surface area contributed by atoms with Crippen molar-refractivity contribution in [3.05, 3.63) is 41.7 Å². The van der Waals surface area contributed by atoms with Crippen LogP contribution in [0.3, 0.4) is 0 Å². The van der Waals surface area contributed by atoms with Crippen LogP contribution < -0.4 is 11.1 Å². The molecule has 0 unspecified atom stereocenters. The van der Waals surface area contributed by atoms with Gasteiger partial charge in [-0.05, 0) is 32.0 Å². The minimum atomic E-state index is -0.772. The van der Waals surface area contributed by atoms with E-state index in [0.29, 0.717) is 12.2 Å². The molecule has 25 heavy (non-hydrogen) atoms. The summed E-state index contributed by atoms with van der Waals surface area (Å²) in [6.07, 6.45) is -0.772. The van der Waals surface area contributed by atoms with Crippen molar-refractivity contribution in [2.24, 2.45) is 5.73 Å². The van der Waals surface area contributed by atoms with E-state index in [2.05, 4.69) is 10.4 Å². The van der Waals surface area contributed by atoms with Crippen LogP contribution in [-0.4, -0.2) is 52.4 Å². The van der Waals surface area contributed by atoms with Gasteiger partial charge in [0.15, 0.2) is 6.10 Å². The number of aryl methyl sites for hydroxylation is 2. The number of anilines is 1. The zero-order valence-corrected chi connectivity index (χ0v) is 14.2. The van der Waals surface area contributed by atoms with Crippen molar-refractivity contribution in [3.63, 3.8) is 0 Å². The second-order valence-electron chi connectivity index (χ2n) is 5.99. The van der Waals surface area contributed by atoms with Gasteiger partial charge < -0.3 is 20.7 Å². The number of rotatable bonds is 3. The number of nitrogens with two attached hydrogens (primary N) is 1. The Kier molecular flexibility index (Phi) is 4.71. The zero-order valence-electron chi connectivity index (χ0n) is 14.2. The first kappa shape index (κ1) is 17.0. The van der Waals surface area contributed by atoms with Crippen LogP contribution in [0.25, 0.3) is 5.69 Å². The predicted molar refractivity (Wildman–Crippen MR) is 92.6 cm³/mol. The van der Waals surface area contributed by atoms with E-state index in [1.165, 1.54) is 4.90 Å². The first-order chi connectivity index (χ1) is 12.0. The van der Waals surface area contributed by atoms with E-state index in [4.69, 9.17) is 10.5 Å². The Morgan fingerprint density at radius 1 is 1.32 bits per heavy atom. The lowest BCUT2D eigenvalue weighted by atomic mass is 10.2. The van der Waals surface area contributed by atoms with Crippen LogP contribution in [0.15, 0.2) is 30.3 Å². The monoisotopic (exact) mass is 343 g/mol. The van der Waals surface area contributed by atoms with Gasteiger partial charge in [-0.15, -0.1) is 0 Å². The first-order valence-corrected chi connectivity index (χ1v) is 8.05. The Bertz CT molecular complexity index is 801. The van der Waals surface area contributed by atoms with E-state index in [9.17, 15) is 9.59 Å². The van der Waals surface area contributed by atoms with Gasteiger partial charge in [0.2, 0.25) is 5.91 Å². The molecule has 1 aromatic heterocycles. The Balaban J connectivity index is 1.80. The number of morpholine rings is 1. The summed E-state index contributed by atoms with van der Waals surface area (Å²) in [4.78, 5) is 25.4. The zero-order chi connectivity index (χ0) is 18.0. The van der Waals surface area contributed by atoms with E-state index < -0.39 is 12.0 Å². The quantitative estimate of drug-likeness (QED) is 0.874. The Labute approximate surface area is 145 Å². The van der Waals surface area contributed by atoms with Gasteiger partial charge >= 0.3 is 6.03 Å². The minimum Gasteiger partial charge on any atom is -0.367 e. The number of aromatic nitrogens is 2. The summed E-state index contributed by atoms with van der Waals surface area (Å²) < 4.78 is 7.06. The van der Waals surface area contributed by atoms with Gasteiger partial charge in [0.05, 0.1) is 30.2 Å². The maximum Gasteiger partial charge on any atom is 0.322 e. The molecule has 2 aromatic rings. The number of para-hydroxylation sites is 2. The molecule has 3 rings (SSSR count). The standard InChI is InChI=1S/C17H21N5O3/c1-11-9-12(2)22(20-11)14-6-4-3-5-13(14)19-17(24)21-7-8-25-15(10-21)16(18)23/h3-6,9,15H,7-8,10H2,1-2H3,(H2,18,23)(H,19,24)/t15-/m1/s1. The molecule has 1 aromatic carbocycles. The maximum absolute atomic E-state index is 12.6. The average molecular weight is 343 g/mol. The highest BCUT2D eigenvalue weighted by Gasteiger charge is 2.28. The summed E-state index contributed by atoms with van der Waals surface area (Å²) in [5, 5.41) is 7.36.